The number of ether oxygens (including phenoxy) is 2. The van der Waals surface area contributed by atoms with Gasteiger partial charge in [-0.1, -0.05) is 77.9 Å². The number of amides is 3. The van der Waals surface area contributed by atoms with Crippen LogP contribution in [-0.2, 0) is 25.6 Å². The van der Waals surface area contributed by atoms with E-state index < -0.39 is 53.2 Å². The monoisotopic (exact) mass is 906 g/mol. The number of carbonyl (C=O) groups excluding carboxylic acids is 4. The molecule has 0 saturated carbocycles. The van der Waals surface area contributed by atoms with Crippen LogP contribution in [-0.4, -0.2) is 79.9 Å². The van der Waals surface area contributed by atoms with E-state index in [1.54, 1.807) is 36.4 Å². The van der Waals surface area contributed by atoms with E-state index in [1.165, 1.54) is 55.6 Å². The van der Waals surface area contributed by atoms with E-state index in [1.807, 2.05) is 18.2 Å². The topological polar surface area (TPSA) is 201 Å². The number of nitrogens with zero attached hydrogens (tertiary/aromatic N) is 1. The van der Waals surface area contributed by atoms with E-state index in [9.17, 15) is 37.8 Å². The molecule has 0 atom stereocenters. The predicted molar refractivity (Wildman–Crippen MR) is 252 cm³/mol. The molecule has 0 radical (unpaired) electrons. The fraction of sp³-hybridized carbons (Fsp3) is 0.320. The third-order valence-corrected chi connectivity index (χ3v) is 13.4. The second kappa shape index (κ2) is 21.5. The first-order valence-electron chi connectivity index (χ1n) is 21.3. The fourth-order valence-corrected chi connectivity index (χ4v) is 8.32. The number of methoxy groups -OCH3 is 1. The van der Waals surface area contributed by atoms with Crippen LogP contribution in [0.15, 0.2) is 114 Å². The number of hydrogen-bond acceptors (Lipinski definition) is 10. The normalized spacial score (nSPS) is 11.8. The van der Waals surface area contributed by atoms with Gasteiger partial charge in [0.1, 0.15) is 17.2 Å². The van der Waals surface area contributed by atoms with Gasteiger partial charge in [-0.25, -0.2) is 8.42 Å². The van der Waals surface area contributed by atoms with Crippen LogP contribution in [0.25, 0.3) is 0 Å². The van der Waals surface area contributed by atoms with Gasteiger partial charge in [0.05, 0.1) is 42.8 Å². The van der Waals surface area contributed by atoms with Crippen LogP contribution in [0.5, 0.6) is 17.2 Å². The number of hydrogen-bond donors (Lipinski definition) is 5. The summed E-state index contributed by atoms with van der Waals surface area (Å²) in [6, 6.07) is 29.1. The Balaban J connectivity index is 1.50. The summed E-state index contributed by atoms with van der Waals surface area (Å²) in [6.45, 7) is 11.4. The summed E-state index contributed by atoms with van der Waals surface area (Å²) >= 11 is 0. The van der Waals surface area contributed by atoms with E-state index in [4.69, 9.17) is 9.47 Å². The SMILES string of the molecule is CCC(C)(C)c1ccc(Oc2ccc(NC(=O)c3cccc(S(=O)(=O)N(CCO)CCO)c3)cc2C(=O)Nc2ccc(C(=O)CC(=O)Nc3ccccc3)c(OC)c2)c(C(C)(C)CC)c1. The molecule has 3 amide bonds. The van der Waals surface area contributed by atoms with Crippen LogP contribution in [0, 0.1) is 0 Å². The summed E-state index contributed by atoms with van der Waals surface area (Å²) in [5, 5.41) is 27.2. The molecule has 0 heterocycles. The Morgan fingerprint density at radius 2 is 1.26 bits per heavy atom. The summed E-state index contributed by atoms with van der Waals surface area (Å²) in [7, 11) is -2.81. The van der Waals surface area contributed by atoms with Crippen molar-refractivity contribution in [3.8, 4) is 17.2 Å². The molecule has 0 unspecified atom stereocenters. The number of Topliss-reactive ketones (excluding diaryl/α,β-unsaturated/α-hetero) is 1. The predicted octanol–water partition coefficient (Wildman–Crippen LogP) is 8.55. The number of para-hydroxylation sites is 1. The zero-order chi connectivity index (χ0) is 47.5. The smallest absolute Gasteiger partial charge is 0.259 e. The molecule has 14 nitrogen and oxygen atoms in total. The molecule has 15 heteroatoms. The fourth-order valence-electron chi connectivity index (χ4n) is 6.85. The number of carbonyl (C=O) groups is 4. The summed E-state index contributed by atoms with van der Waals surface area (Å²) in [6.07, 6.45) is 1.25. The number of aliphatic hydroxyl groups is 2. The molecule has 0 aromatic heterocycles. The van der Waals surface area contributed by atoms with E-state index in [0.29, 0.717) is 11.4 Å². The maximum Gasteiger partial charge on any atom is 0.259 e. The van der Waals surface area contributed by atoms with Gasteiger partial charge in [0, 0.05) is 47.3 Å². The van der Waals surface area contributed by atoms with Crippen LogP contribution in [0.1, 0.15) is 103 Å². The first-order valence-corrected chi connectivity index (χ1v) is 22.8. The van der Waals surface area contributed by atoms with Gasteiger partial charge in [0.15, 0.2) is 5.78 Å². The van der Waals surface area contributed by atoms with Crippen molar-refractivity contribution in [1.82, 2.24) is 4.31 Å². The molecule has 0 aliphatic rings. The number of ketones is 1. The van der Waals surface area contributed by atoms with E-state index in [2.05, 4.69) is 63.6 Å². The molecule has 344 valence electrons. The second-order valence-corrected chi connectivity index (χ2v) is 18.7. The van der Waals surface area contributed by atoms with Crippen LogP contribution in [0.3, 0.4) is 0 Å². The van der Waals surface area contributed by atoms with Crippen LogP contribution >= 0.6 is 0 Å². The second-order valence-electron chi connectivity index (χ2n) is 16.7. The number of benzene rings is 5. The van der Waals surface area contributed by atoms with Crippen molar-refractivity contribution in [3.63, 3.8) is 0 Å². The van der Waals surface area contributed by atoms with E-state index in [-0.39, 0.29) is 68.4 Å². The summed E-state index contributed by atoms with van der Waals surface area (Å²) in [5.41, 5.74) is 2.79. The molecule has 5 rings (SSSR count). The highest BCUT2D eigenvalue weighted by atomic mass is 32.2. The minimum absolute atomic E-state index is 0.00818. The Bertz CT molecular complexity index is 2620. The average molecular weight is 907 g/mol. The van der Waals surface area contributed by atoms with Crippen molar-refractivity contribution in [2.45, 2.75) is 76.5 Å². The third kappa shape index (κ3) is 12.2. The zero-order valence-electron chi connectivity index (χ0n) is 37.9. The lowest BCUT2D eigenvalue weighted by Crippen LogP contribution is -2.36. The van der Waals surface area contributed by atoms with Gasteiger partial charge in [-0.3, -0.25) is 19.2 Å². The highest BCUT2D eigenvalue weighted by molar-refractivity contribution is 7.89. The van der Waals surface area contributed by atoms with Crippen LogP contribution in [0.2, 0.25) is 0 Å². The van der Waals surface area contributed by atoms with Gasteiger partial charge in [-0.15, -0.1) is 0 Å². The lowest BCUT2D eigenvalue weighted by atomic mass is 9.76. The molecule has 0 fully saturated rings. The maximum absolute atomic E-state index is 14.4. The molecule has 0 bridgehead atoms. The molecule has 5 N–H and O–H groups in total. The van der Waals surface area contributed by atoms with Crippen LogP contribution in [0.4, 0.5) is 17.1 Å². The van der Waals surface area contributed by atoms with Gasteiger partial charge in [-0.05, 0) is 96.0 Å². The molecule has 0 aliphatic carbocycles. The Labute approximate surface area is 381 Å². The molecule has 0 aliphatic heterocycles. The quantitative estimate of drug-likeness (QED) is 0.0351. The molecule has 65 heavy (non-hydrogen) atoms. The molecule has 5 aromatic rings. The number of aliphatic hydroxyl groups excluding tert-OH is 2. The Hall–Kier alpha value is -6.39. The molecular weight excluding hydrogens is 849 g/mol. The van der Waals surface area contributed by atoms with E-state index in [0.717, 1.165) is 28.3 Å². The Kier molecular flexibility index (Phi) is 16.4. The molecule has 0 spiro atoms. The van der Waals surface area contributed by atoms with Gasteiger partial charge >= 0.3 is 0 Å². The van der Waals surface area contributed by atoms with Crippen LogP contribution < -0.4 is 25.4 Å². The first-order chi connectivity index (χ1) is 30.9. The Morgan fingerprint density at radius 1 is 0.631 bits per heavy atom. The lowest BCUT2D eigenvalue weighted by Gasteiger charge is -2.30. The van der Waals surface area contributed by atoms with Crippen molar-refractivity contribution in [3.05, 3.63) is 137 Å². The van der Waals surface area contributed by atoms with E-state index >= 15 is 0 Å². The number of sulfonamides is 1. The first kappa shape index (κ1) is 49.6. The molecule has 0 saturated heterocycles. The number of rotatable bonds is 21. The van der Waals surface area contributed by atoms with Gasteiger partial charge in [-0.2, -0.15) is 4.31 Å². The highest BCUT2D eigenvalue weighted by Gasteiger charge is 2.29. The van der Waals surface area contributed by atoms with Crippen molar-refractivity contribution in [1.29, 1.82) is 0 Å². The summed E-state index contributed by atoms with van der Waals surface area (Å²) < 4.78 is 39.8. The summed E-state index contributed by atoms with van der Waals surface area (Å²) in [5.74, 6) is -1.49. The zero-order valence-corrected chi connectivity index (χ0v) is 38.7. The van der Waals surface area contributed by atoms with Gasteiger partial charge < -0.3 is 35.6 Å². The van der Waals surface area contributed by atoms with Gasteiger partial charge in [0.25, 0.3) is 11.8 Å². The Morgan fingerprint density at radius 3 is 1.91 bits per heavy atom. The summed E-state index contributed by atoms with van der Waals surface area (Å²) in [4.78, 5) is 53.8. The third-order valence-electron chi connectivity index (χ3n) is 11.5. The average Bonchev–Trinajstić information content (AvgIpc) is 3.29. The lowest BCUT2D eigenvalue weighted by molar-refractivity contribution is -0.115. The largest absolute Gasteiger partial charge is 0.496 e. The number of anilines is 3. The molecule has 5 aromatic carbocycles. The van der Waals surface area contributed by atoms with Gasteiger partial charge in [0.2, 0.25) is 15.9 Å². The highest BCUT2D eigenvalue weighted by Crippen LogP contribution is 2.41. The van der Waals surface area contributed by atoms with Crippen molar-refractivity contribution in [2.24, 2.45) is 0 Å². The van der Waals surface area contributed by atoms with Crippen molar-refractivity contribution in [2.75, 3.05) is 49.4 Å². The molecular formula is C50H58N4O10S. The minimum Gasteiger partial charge on any atom is -0.496 e. The minimum atomic E-state index is -4.18. The number of nitrogens with one attached hydrogen (secondary N) is 3. The van der Waals surface area contributed by atoms with Crippen molar-refractivity contribution < 1.29 is 47.3 Å². The van der Waals surface area contributed by atoms with Crippen molar-refractivity contribution >= 4 is 50.6 Å². The maximum atomic E-state index is 14.4. The standard InChI is InChI=1S/C50H58N4O10S/c1-8-49(3,4)34-18-22-44(41(29-34)50(5,6)9-2)64-43-23-20-36(52-47(59)33-14-13-17-38(28-33)65(61,62)54(24-26-55)25-27-56)30-40(43)48(60)53-37-19-21-39(45(31-37)63-7)42(57)32-46(58)51-35-15-11-10-12-16-35/h10-23,28-31,55-56H,8-9,24-27,32H2,1-7H3,(H,51,58)(H,52,59)(H,53,60).